The number of carbonyl (C=O) groups is 1. The second-order valence-electron chi connectivity index (χ2n) is 4.21. The molecule has 1 unspecified atom stereocenters. The Bertz CT molecular complexity index is 447. The van der Waals surface area contributed by atoms with Gasteiger partial charge in [-0.3, -0.25) is 4.79 Å². The molecule has 1 aromatic carbocycles. The third kappa shape index (κ3) is 2.45. The Morgan fingerprint density at radius 1 is 1.41 bits per heavy atom. The van der Waals surface area contributed by atoms with Crippen molar-refractivity contribution in [3.05, 3.63) is 35.4 Å². The first-order valence-corrected chi connectivity index (χ1v) is 5.69. The first-order valence-electron chi connectivity index (χ1n) is 5.69. The zero-order valence-electron chi connectivity index (χ0n) is 9.81. The molecule has 1 fully saturated rings. The third-order valence-electron chi connectivity index (χ3n) is 2.95. The van der Waals surface area contributed by atoms with Gasteiger partial charge in [-0.1, -0.05) is 29.8 Å². The fourth-order valence-corrected chi connectivity index (χ4v) is 1.97. The number of rotatable bonds is 2. The van der Waals surface area contributed by atoms with Crippen LogP contribution in [0.1, 0.15) is 17.2 Å². The molecule has 4 nitrogen and oxygen atoms in total. The minimum Gasteiger partial charge on any atom is -0.320 e. The van der Waals surface area contributed by atoms with E-state index < -0.39 is 6.04 Å². The van der Waals surface area contributed by atoms with E-state index in [1.165, 1.54) is 0 Å². The van der Waals surface area contributed by atoms with Crippen LogP contribution in [-0.4, -0.2) is 30.4 Å². The van der Waals surface area contributed by atoms with E-state index in [9.17, 15) is 10.1 Å². The molecular weight excluding hydrogens is 214 g/mol. The summed E-state index contributed by atoms with van der Waals surface area (Å²) in [4.78, 5) is 13.4. The summed E-state index contributed by atoms with van der Waals surface area (Å²) < 4.78 is 0. The molecule has 0 spiro atoms. The van der Waals surface area contributed by atoms with Crippen molar-refractivity contribution in [1.29, 1.82) is 5.26 Å². The van der Waals surface area contributed by atoms with Gasteiger partial charge in [0, 0.05) is 13.1 Å². The average Bonchev–Trinajstić information content (AvgIpc) is 2.35. The van der Waals surface area contributed by atoms with Crippen molar-refractivity contribution in [2.45, 2.75) is 13.0 Å². The zero-order valence-corrected chi connectivity index (χ0v) is 9.81. The number of nitrogens with zero attached hydrogens (tertiary/aromatic N) is 2. The topological polar surface area (TPSA) is 56.1 Å². The van der Waals surface area contributed by atoms with Crippen LogP contribution in [0.25, 0.3) is 0 Å². The van der Waals surface area contributed by atoms with E-state index in [2.05, 4.69) is 11.4 Å². The first kappa shape index (κ1) is 11.6. The smallest absolute Gasteiger partial charge is 0.237 e. The maximum atomic E-state index is 11.7. The predicted molar refractivity (Wildman–Crippen MR) is 64.1 cm³/mol. The number of nitriles is 1. The Morgan fingerprint density at radius 2 is 2.12 bits per heavy atom. The standard InChI is InChI=1S/C13H15N3O/c1-10-2-4-11(5-3-10)12(8-14)16-7-6-15-9-13(16)17/h2-5,12,15H,6-7,9H2,1H3. The molecule has 1 aliphatic rings. The largest absolute Gasteiger partial charge is 0.320 e. The van der Waals surface area contributed by atoms with Gasteiger partial charge in [0.05, 0.1) is 12.6 Å². The maximum absolute atomic E-state index is 11.7. The van der Waals surface area contributed by atoms with Gasteiger partial charge in [0.1, 0.15) is 6.04 Å². The Labute approximate surface area is 101 Å². The van der Waals surface area contributed by atoms with Crippen molar-refractivity contribution >= 4 is 5.91 Å². The molecule has 17 heavy (non-hydrogen) atoms. The van der Waals surface area contributed by atoms with Crippen LogP contribution in [0.4, 0.5) is 0 Å². The number of hydrogen-bond acceptors (Lipinski definition) is 3. The number of hydrogen-bond donors (Lipinski definition) is 1. The zero-order chi connectivity index (χ0) is 12.3. The van der Waals surface area contributed by atoms with Crippen LogP contribution in [0.2, 0.25) is 0 Å². The molecule has 4 heteroatoms. The van der Waals surface area contributed by atoms with Crippen LogP contribution in [0.15, 0.2) is 24.3 Å². The summed E-state index contributed by atoms with van der Waals surface area (Å²) in [5, 5.41) is 12.3. The number of carbonyl (C=O) groups excluding carboxylic acids is 1. The molecule has 0 saturated carbocycles. The second-order valence-corrected chi connectivity index (χ2v) is 4.21. The Hall–Kier alpha value is -1.86. The van der Waals surface area contributed by atoms with Crippen LogP contribution in [-0.2, 0) is 4.79 Å². The van der Waals surface area contributed by atoms with Gasteiger partial charge in [0.25, 0.3) is 0 Å². The van der Waals surface area contributed by atoms with Gasteiger partial charge in [-0.25, -0.2) is 0 Å². The van der Waals surface area contributed by atoms with Gasteiger partial charge in [0.2, 0.25) is 5.91 Å². The van der Waals surface area contributed by atoms with E-state index in [4.69, 9.17) is 0 Å². The van der Waals surface area contributed by atoms with Crippen molar-refractivity contribution in [1.82, 2.24) is 10.2 Å². The molecule has 1 aliphatic heterocycles. The van der Waals surface area contributed by atoms with Crippen LogP contribution in [0.5, 0.6) is 0 Å². The quantitative estimate of drug-likeness (QED) is 0.822. The van der Waals surface area contributed by atoms with Gasteiger partial charge >= 0.3 is 0 Å². The average molecular weight is 229 g/mol. The first-order chi connectivity index (χ1) is 8.22. The van der Waals surface area contributed by atoms with Crippen molar-refractivity contribution in [2.24, 2.45) is 0 Å². The lowest BCUT2D eigenvalue weighted by Crippen LogP contribution is -2.49. The van der Waals surface area contributed by atoms with E-state index in [1.54, 1.807) is 4.90 Å². The molecule has 1 N–H and O–H groups in total. The van der Waals surface area contributed by atoms with Crippen molar-refractivity contribution in [2.75, 3.05) is 19.6 Å². The van der Waals surface area contributed by atoms with E-state index in [0.29, 0.717) is 13.1 Å². The van der Waals surface area contributed by atoms with E-state index in [0.717, 1.165) is 17.7 Å². The van der Waals surface area contributed by atoms with Crippen LogP contribution in [0.3, 0.4) is 0 Å². The number of piperazine rings is 1. The molecule has 1 amide bonds. The van der Waals surface area contributed by atoms with Gasteiger partial charge in [-0.2, -0.15) is 5.26 Å². The fraction of sp³-hybridized carbons (Fsp3) is 0.385. The molecule has 0 aromatic heterocycles. The Kier molecular flexibility index (Phi) is 3.40. The molecular formula is C13H15N3O. The Balaban J connectivity index is 2.24. The molecule has 88 valence electrons. The SMILES string of the molecule is Cc1ccc(C(C#N)N2CCNCC2=O)cc1. The summed E-state index contributed by atoms with van der Waals surface area (Å²) in [5.74, 6) is -0.0108. The molecule has 0 bridgehead atoms. The number of benzene rings is 1. The summed E-state index contributed by atoms with van der Waals surface area (Å²) in [6, 6.07) is 9.51. The summed E-state index contributed by atoms with van der Waals surface area (Å²) in [7, 11) is 0. The summed E-state index contributed by atoms with van der Waals surface area (Å²) in [6.45, 7) is 3.66. The highest BCUT2D eigenvalue weighted by Gasteiger charge is 2.26. The van der Waals surface area contributed by atoms with Gasteiger partial charge in [-0.05, 0) is 12.5 Å². The van der Waals surface area contributed by atoms with E-state index in [1.807, 2.05) is 31.2 Å². The minimum absolute atomic E-state index is 0.0108. The molecule has 0 aliphatic carbocycles. The molecule has 1 saturated heterocycles. The van der Waals surface area contributed by atoms with Crippen LogP contribution >= 0.6 is 0 Å². The summed E-state index contributed by atoms with van der Waals surface area (Å²) >= 11 is 0. The lowest BCUT2D eigenvalue weighted by Gasteiger charge is -2.31. The van der Waals surface area contributed by atoms with Crippen molar-refractivity contribution in [3.8, 4) is 6.07 Å². The molecule has 0 radical (unpaired) electrons. The van der Waals surface area contributed by atoms with Crippen molar-refractivity contribution in [3.63, 3.8) is 0 Å². The summed E-state index contributed by atoms with van der Waals surface area (Å²) in [6.07, 6.45) is 0. The van der Waals surface area contributed by atoms with E-state index >= 15 is 0 Å². The van der Waals surface area contributed by atoms with Crippen LogP contribution in [0, 0.1) is 18.3 Å². The van der Waals surface area contributed by atoms with Crippen molar-refractivity contribution < 1.29 is 4.79 Å². The van der Waals surface area contributed by atoms with Crippen LogP contribution < -0.4 is 5.32 Å². The van der Waals surface area contributed by atoms with E-state index in [-0.39, 0.29) is 5.91 Å². The highest BCUT2D eigenvalue weighted by Crippen LogP contribution is 2.21. The fourth-order valence-electron chi connectivity index (χ4n) is 1.97. The van der Waals surface area contributed by atoms with Gasteiger partial charge in [-0.15, -0.1) is 0 Å². The maximum Gasteiger partial charge on any atom is 0.237 e. The number of amides is 1. The van der Waals surface area contributed by atoms with Gasteiger partial charge < -0.3 is 10.2 Å². The molecule has 2 rings (SSSR count). The monoisotopic (exact) mass is 229 g/mol. The second kappa shape index (κ2) is 4.98. The Morgan fingerprint density at radius 3 is 2.71 bits per heavy atom. The third-order valence-corrected chi connectivity index (χ3v) is 2.95. The molecule has 1 aromatic rings. The minimum atomic E-state index is -0.467. The number of nitrogens with one attached hydrogen (secondary N) is 1. The lowest BCUT2D eigenvalue weighted by atomic mass is 10.0. The summed E-state index contributed by atoms with van der Waals surface area (Å²) in [5.41, 5.74) is 2.03. The normalized spacial score (nSPS) is 17.6. The molecule has 1 atom stereocenters. The molecule has 1 heterocycles. The van der Waals surface area contributed by atoms with Gasteiger partial charge in [0.15, 0.2) is 0 Å². The number of aryl methyl sites for hydroxylation is 1. The highest BCUT2D eigenvalue weighted by atomic mass is 16.2. The highest BCUT2D eigenvalue weighted by molar-refractivity contribution is 5.79. The lowest BCUT2D eigenvalue weighted by molar-refractivity contribution is -0.133. The predicted octanol–water partition coefficient (Wildman–Crippen LogP) is 0.991.